The van der Waals surface area contributed by atoms with Crippen LogP contribution in [0.4, 0.5) is 0 Å². The van der Waals surface area contributed by atoms with Crippen LogP contribution in [0.25, 0.3) is 0 Å². The van der Waals surface area contributed by atoms with Gasteiger partial charge in [0, 0.05) is 12.6 Å². The van der Waals surface area contributed by atoms with Crippen LogP contribution in [0.5, 0.6) is 5.75 Å². The maximum atomic E-state index is 12.9. The minimum Gasteiger partial charge on any atom is -0.489 e. The number of benzene rings is 2. The van der Waals surface area contributed by atoms with Crippen molar-refractivity contribution in [2.75, 3.05) is 0 Å². The van der Waals surface area contributed by atoms with E-state index < -0.39 is 0 Å². The first kappa shape index (κ1) is 19.2. The molecule has 0 spiro atoms. The molecule has 5 nitrogen and oxygen atoms in total. The fraction of sp³-hybridized carbons (Fsp3) is 0.333. The Kier molecular flexibility index (Phi) is 5.65. The molecule has 0 atom stereocenters. The zero-order chi connectivity index (χ0) is 20.2. The van der Waals surface area contributed by atoms with Gasteiger partial charge in [0.25, 0.3) is 0 Å². The summed E-state index contributed by atoms with van der Waals surface area (Å²) in [5.41, 5.74) is 4.00. The summed E-state index contributed by atoms with van der Waals surface area (Å²) in [6.07, 6.45) is 2.62. The molecule has 0 radical (unpaired) electrons. The average molecular weight is 390 g/mol. The van der Waals surface area contributed by atoms with E-state index in [1.807, 2.05) is 61.2 Å². The summed E-state index contributed by atoms with van der Waals surface area (Å²) in [5.74, 6) is 1.73. The Balaban J connectivity index is 1.35. The molecule has 0 unspecified atom stereocenters. The van der Waals surface area contributed by atoms with Gasteiger partial charge in [-0.2, -0.15) is 0 Å². The van der Waals surface area contributed by atoms with Gasteiger partial charge < -0.3 is 14.2 Å². The number of nitrogens with zero attached hydrogens (tertiary/aromatic N) is 2. The smallest absolute Gasteiger partial charge is 0.227 e. The van der Waals surface area contributed by atoms with Crippen molar-refractivity contribution in [3.05, 3.63) is 82.7 Å². The van der Waals surface area contributed by atoms with Crippen LogP contribution in [-0.4, -0.2) is 22.0 Å². The normalized spacial score (nSPS) is 13.3. The summed E-state index contributed by atoms with van der Waals surface area (Å²) in [5, 5.41) is 3.94. The zero-order valence-corrected chi connectivity index (χ0v) is 16.9. The van der Waals surface area contributed by atoms with E-state index in [2.05, 4.69) is 17.3 Å². The summed E-state index contributed by atoms with van der Waals surface area (Å²) < 4.78 is 11.0. The number of aromatic nitrogens is 1. The molecule has 4 rings (SSSR count). The second-order valence-electron chi connectivity index (χ2n) is 7.65. The molecule has 1 aliphatic rings. The fourth-order valence-electron chi connectivity index (χ4n) is 3.43. The summed E-state index contributed by atoms with van der Waals surface area (Å²) in [4.78, 5) is 14.9. The molecule has 1 aromatic heterocycles. The van der Waals surface area contributed by atoms with Crippen molar-refractivity contribution >= 4 is 5.91 Å². The molecule has 2 aromatic carbocycles. The van der Waals surface area contributed by atoms with E-state index in [0.29, 0.717) is 25.6 Å². The van der Waals surface area contributed by atoms with Crippen LogP contribution in [-0.2, 0) is 24.4 Å². The molecule has 3 aromatic rings. The molecule has 0 aliphatic heterocycles. The highest BCUT2D eigenvalue weighted by Gasteiger charge is 2.32. The van der Waals surface area contributed by atoms with Crippen molar-refractivity contribution in [3.63, 3.8) is 0 Å². The predicted octanol–water partition coefficient (Wildman–Crippen LogP) is 4.60. The van der Waals surface area contributed by atoms with Gasteiger partial charge in [-0.1, -0.05) is 47.6 Å². The highest BCUT2D eigenvalue weighted by Crippen LogP contribution is 2.29. The van der Waals surface area contributed by atoms with E-state index in [4.69, 9.17) is 9.26 Å². The summed E-state index contributed by atoms with van der Waals surface area (Å²) >= 11 is 0. The largest absolute Gasteiger partial charge is 0.489 e. The number of carbonyl (C=O) groups is 1. The van der Waals surface area contributed by atoms with Crippen LogP contribution in [0.3, 0.4) is 0 Å². The Bertz CT molecular complexity index is 940. The molecule has 1 aliphatic carbocycles. The number of rotatable bonds is 8. The third kappa shape index (κ3) is 4.86. The Morgan fingerprint density at radius 2 is 1.79 bits per heavy atom. The SMILES string of the molecule is Cc1noc(C)c1COc1ccc(CC(=O)N(Cc2ccccc2)C2CC2)cc1. The lowest BCUT2D eigenvalue weighted by Gasteiger charge is -2.23. The van der Waals surface area contributed by atoms with Crippen molar-refractivity contribution in [2.24, 2.45) is 0 Å². The van der Waals surface area contributed by atoms with Gasteiger partial charge in [0.05, 0.1) is 17.7 Å². The topological polar surface area (TPSA) is 55.6 Å². The van der Waals surface area contributed by atoms with E-state index in [1.54, 1.807) is 0 Å². The molecule has 150 valence electrons. The van der Waals surface area contributed by atoms with E-state index in [9.17, 15) is 4.79 Å². The summed E-state index contributed by atoms with van der Waals surface area (Å²) in [6.45, 7) is 4.90. The molecule has 1 heterocycles. The van der Waals surface area contributed by atoms with E-state index >= 15 is 0 Å². The Hall–Kier alpha value is -3.08. The highest BCUT2D eigenvalue weighted by molar-refractivity contribution is 5.79. The van der Waals surface area contributed by atoms with Gasteiger partial charge in [-0.25, -0.2) is 0 Å². The number of amides is 1. The first-order valence-electron chi connectivity index (χ1n) is 10.1. The van der Waals surface area contributed by atoms with E-state index in [-0.39, 0.29) is 5.91 Å². The molecule has 29 heavy (non-hydrogen) atoms. The lowest BCUT2D eigenvalue weighted by Crippen LogP contribution is -2.33. The van der Waals surface area contributed by atoms with Gasteiger partial charge in [-0.3, -0.25) is 4.79 Å². The summed E-state index contributed by atoms with van der Waals surface area (Å²) in [7, 11) is 0. The predicted molar refractivity (Wildman–Crippen MR) is 110 cm³/mol. The number of aryl methyl sites for hydroxylation is 2. The second-order valence-corrected chi connectivity index (χ2v) is 7.65. The van der Waals surface area contributed by atoms with Crippen molar-refractivity contribution in [1.82, 2.24) is 10.1 Å². The Morgan fingerprint density at radius 1 is 1.07 bits per heavy atom. The minimum absolute atomic E-state index is 0.181. The number of hydrogen-bond donors (Lipinski definition) is 0. The van der Waals surface area contributed by atoms with Crippen LogP contribution in [0.1, 0.15) is 41.0 Å². The van der Waals surface area contributed by atoms with Crippen molar-refractivity contribution in [3.8, 4) is 5.75 Å². The van der Waals surface area contributed by atoms with Gasteiger partial charge in [-0.15, -0.1) is 0 Å². The number of hydrogen-bond acceptors (Lipinski definition) is 4. The van der Waals surface area contributed by atoms with Gasteiger partial charge in [-0.05, 0) is 49.9 Å². The Morgan fingerprint density at radius 3 is 2.41 bits per heavy atom. The Labute approximate surface area is 171 Å². The van der Waals surface area contributed by atoms with Crippen LogP contribution in [0.15, 0.2) is 59.1 Å². The van der Waals surface area contributed by atoms with Crippen molar-refractivity contribution in [2.45, 2.75) is 52.3 Å². The van der Waals surface area contributed by atoms with E-state index in [1.165, 1.54) is 5.56 Å². The molecule has 1 amide bonds. The minimum atomic E-state index is 0.181. The maximum Gasteiger partial charge on any atom is 0.227 e. The highest BCUT2D eigenvalue weighted by atomic mass is 16.5. The van der Waals surface area contributed by atoms with Crippen molar-refractivity contribution < 1.29 is 14.1 Å². The molecule has 0 bridgehead atoms. The lowest BCUT2D eigenvalue weighted by molar-refractivity contribution is -0.131. The maximum absolute atomic E-state index is 12.9. The molecular formula is C24H26N2O3. The molecule has 0 N–H and O–H groups in total. The molecule has 1 fully saturated rings. The number of carbonyl (C=O) groups excluding carboxylic acids is 1. The first-order chi connectivity index (χ1) is 14.1. The third-order valence-electron chi connectivity index (χ3n) is 5.35. The molecule has 1 saturated carbocycles. The monoisotopic (exact) mass is 390 g/mol. The van der Waals surface area contributed by atoms with Crippen LogP contribution < -0.4 is 4.74 Å². The van der Waals surface area contributed by atoms with Crippen LogP contribution in [0, 0.1) is 13.8 Å². The van der Waals surface area contributed by atoms with Gasteiger partial charge >= 0.3 is 0 Å². The zero-order valence-electron chi connectivity index (χ0n) is 16.9. The average Bonchev–Trinajstić information content (AvgIpc) is 3.52. The first-order valence-corrected chi connectivity index (χ1v) is 10.1. The molecule has 5 heteroatoms. The molecule has 0 saturated heterocycles. The second kappa shape index (κ2) is 8.52. The number of ether oxygens (including phenoxy) is 1. The lowest BCUT2D eigenvalue weighted by atomic mass is 10.1. The standard InChI is InChI=1S/C24H26N2O3/c1-17-23(18(2)29-25-17)16-28-22-12-8-19(9-13-22)14-24(27)26(21-10-11-21)15-20-6-4-3-5-7-20/h3-9,12-13,21H,10-11,14-16H2,1-2H3. The van der Waals surface area contributed by atoms with Crippen LogP contribution >= 0.6 is 0 Å². The van der Waals surface area contributed by atoms with Crippen LogP contribution in [0.2, 0.25) is 0 Å². The van der Waals surface area contributed by atoms with Gasteiger partial charge in [0.15, 0.2) is 0 Å². The van der Waals surface area contributed by atoms with Gasteiger partial charge in [0.2, 0.25) is 5.91 Å². The summed E-state index contributed by atoms with van der Waals surface area (Å²) in [6, 6.07) is 18.4. The molecular weight excluding hydrogens is 364 g/mol. The van der Waals surface area contributed by atoms with E-state index in [0.717, 1.165) is 41.2 Å². The third-order valence-corrected chi connectivity index (χ3v) is 5.35. The van der Waals surface area contributed by atoms with Crippen molar-refractivity contribution in [1.29, 1.82) is 0 Å². The van der Waals surface area contributed by atoms with Gasteiger partial charge in [0.1, 0.15) is 18.1 Å². The quantitative estimate of drug-likeness (QED) is 0.564. The fourth-order valence-corrected chi connectivity index (χ4v) is 3.43.